The third kappa shape index (κ3) is 3.33. The quantitative estimate of drug-likeness (QED) is 0.761. The molecule has 1 unspecified atom stereocenters. The Balaban J connectivity index is 1.36. The number of likely N-dealkylation sites (tertiary alicyclic amines) is 1. The second-order valence-corrected chi connectivity index (χ2v) is 6.32. The van der Waals surface area contributed by atoms with Gasteiger partial charge in [0, 0.05) is 42.2 Å². The summed E-state index contributed by atoms with van der Waals surface area (Å²) in [5, 5.41) is 8.96. The van der Waals surface area contributed by atoms with Gasteiger partial charge in [0.15, 0.2) is 0 Å². The maximum Gasteiger partial charge on any atom is 0.233 e. The third-order valence-corrected chi connectivity index (χ3v) is 4.63. The summed E-state index contributed by atoms with van der Waals surface area (Å²) in [5.41, 5.74) is 2.08. The molecule has 1 fully saturated rings. The van der Waals surface area contributed by atoms with Gasteiger partial charge in [-0.15, -0.1) is 10.2 Å². The third-order valence-electron chi connectivity index (χ3n) is 4.63. The van der Waals surface area contributed by atoms with Crippen molar-refractivity contribution in [3.8, 4) is 11.8 Å². The van der Waals surface area contributed by atoms with E-state index in [1.807, 2.05) is 35.4 Å². The highest BCUT2D eigenvalue weighted by Crippen LogP contribution is 2.21. The molecule has 134 valence electrons. The number of H-pyrrole nitrogens is 1. The van der Waals surface area contributed by atoms with E-state index in [-0.39, 0.29) is 12.0 Å². The minimum absolute atomic E-state index is 0.0652. The van der Waals surface area contributed by atoms with Crippen LogP contribution in [0.5, 0.6) is 11.8 Å². The number of methoxy groups -OCH3 is 1. The molecule has 3 heterocycles. The van der Waals surface area contributed by atoms with Crippen LogP contribution in [0.1, 0.15) is 12.0 Å². The molecule has 1 saturated heterocycles. The van der Waals surface area contributed by atoms with Crippen molar-refractivity contribution in [1.29, 1.82) is 0 Å². The number of benzene rings is 1. The Bertz CT molecular complexity index is 907. The van der Waals surface area contributed by atoms with Gasteiger partial charge in [-0.2, -0.15) is 0 Å². The lowest BCUT2D eigenvalue weighted by Crippen LogP contribution is -2.32. The summed E-state index contributed by atoms with van der Waals surface area (Å²) < 4.78 is 10.8. The fourth-order valence-electron chi connectivity index (χ4n) is 3.25. The molecule has 0 aliphatic carbocycles. The maximum absolute atomic E-state index is 12.6. The fraction of sp³-hybridized carbons (Fsp3) is 0.316. The van der Waals surface area contributed by atoms with Gasteiger partial charge in [-0.3, -0.25) is 4.79 Å². The lowest BCUT2D eigenvalue weighted by Gasteiger charge is -2.16. The number of rotatable bonds is 5. The Kier molecular flexibility index (Phi) is 4.43. The average molecular weight is 352 g/mol. The van der Waals surface area contributed by atoms with E-state index in [0.29, 0.717) is 31.3 Å². The number of fused-ring (bicyclic) bond motifs is 1. The number of carbonyl (C=O) groups excluding carboxylic acids is 1. The van der Waals surface area contributed by atoms with Gasteiger partial charge in [-0.1, -0.05) is 18.2 Å². The molecule has 1 atom stereocenters. The number of nitrogens with one attached hydrogen (secondary N) is 1. The zero-order chi connectivity index (χ0) is 17.9. The average Bonchev–Trinajstić information content (AvgIpc) is 3.30. The minimum atomic E-state index is -0.0652. The van der Waals surface area contributed by atoms with Crippen molar-refractivity contribution in [3.05, 3.63) is 48.2 Å². The van der Waals surface area contributed by atoms with Crippen LogP contribution < -0.4 is 9.47 Å². The summed E-state index contributed by atoms with van der Waals surface area (Å²) >= 11 is 0. The van der Waals surface area contributed by atoms with E-state index >= 15 is 0 Å². The minimum Gasteiger partial charge on any atom is -0.480 e. The van der Waals surface area contributed by atoms with Crippen molar-refractivity contribution in [3.63, 3.8) is 0 Å². The number of hydrogen-bond acceptors (Lipinski definition) is 5. The van der Waals surface area contributed by atoms with Gasteiger partial charge >= 0.3 is 0 Å². The molecular formula is C19H20N4O3. The number of para-hydroxylation sites is 1. The first kappa shape index (κ1) is 16.4. The zero-order valence-electron chi connectivity index (χ0n) is 14.5. The molecule has 1 N–H and O–H groups in total. The number of aromatic amines is 1. The highest BCUT2D eigenvalue weighted by Gasteiger charge is 2.28. The normalized spacial score (nSPS) is 16.8. The van der Waals surface area contributed by atoms with Crippen molar-refractivity contribution < 1.29 is 14.3 Å². The highest BCUT2D eigenvalue weighted by molar-refractivity contribution is 5.89. The predicted octanol–water partition coefficient (Wildman–Crippen LogP) is 2.19. The topological polar surface area (TPSA) is 80.3 Å². The Hall–Kier alpha value is -3.09. The van der Waals surface area contributed by atoms with Crippen LogP contribution in [0.3, 0.4) is 0 Å². The van der Waals surface area contributed by atoms with Gasteiger partial charge in [0.25, 0.3) is 0 Å². The number of amides is 1. The van der Waals surface area contributed by atoms with Crippen LogP contribution in [-0.2, 0) is 11.2 Å². The summed E-state index contributed by atoms with van der Waals surface area (Å²) in [6, 6.07) is 11.4. The standard InChI is InChI=1S/C19H20N4O3/c1-25-17-6-7-18(22-21-17)26-14-8-9-23(12-14)19(24)10-13-11-20-16-5-3-2-4-15(13)16/h2-7,11,14,20H,8-10,12H2,1H3. The van der Waals surface area contributed by atoms with Crippen LogP contribution in [0.4, 0.5) is 0 Å². The Morgan fingerprint density at radius 3 is 2.85 bits per heavy atom. The second-order valence-electron chi connectivity index (χ2n) is 6.32. The van der Waals surface area contributed by atoms with E-state index in [4.69, 9.17) is 9.47 Å². The predicted molar refractivity (Wildman–Crippen MR) is 96.2 cm³/mol. The molecule has 0 bridgehead atoms. The first-order chi connectivity index (χ1) is 12.7. The number of nitrogens with zero attached hydrogens (tertiary/aromatic N) is 3. The van der Waals surface area contributed by atoms with Gasteiger partial charge in [0.1, 0.15) is 6.10 Å². The molecule has 3 aromatic rings. The van der Waals surface area contributed by atoms with Crippen molar-refractivity contribution in [1.82, 2.24) is 20.1 Å². The Labute approximate surface area is 150 Å². The summed E-state index contributed by atoms with van der Waals surface area (Å²) in [4.78, 5) is 17.7. The van der Waals surface area contributed by atoms with E-state index in [0.717, 1.165) is 22.9 Å². The maximum atomic E-state index is 12.6. The number of hydrogen-bond donors (Lipinski definition) is 1. The van der Waals surface area contributed by atoms with Crippen LogP contribution >= 0.6 is 0 Å². The van der Waals surface area contributed by atoms with E-state index in [1.165, 1.54) is 0 Å². The van der Waals surface area contributed by atoms with Crippen molar-refractivity contribution >= 4 is 16.8 Å². The first-order valence-corrected chi connectivity index (χ1v) is 8.60. The number of aromatic nitrogens is 3. The lowest BCUT2D eigenvalue weighted by molar-refractivity contribution is -0.129. The molecule has 1 aromatic carbocycles. The summed E-state index contributed by atoms with van der Waals surface area (Å²) in [6.07, 6.45) is 3.02. The van der Waals surface area contributed by atoms with E-state index < -0.39 is 0 Å². The summed E-state index contributed by atoms with van der Waals surface area (Å²) in [6.45, 7) is 1.25. The fourth-order valence-corrected chi connectivity index (χ4v) is 3.25. The highest BCUT2D eigenvalue weighted by atomic mass is 16.5. The van der Waals surface area contributed by atoms with Crippen molar-refractivity contribution in [2.24, 2.45) is 0 Å². The molecule has 1 amide bonds. The van der Waals surface area contributed by atoms with Crippen LogP contribution in [0.25, 0.3) is 10.9 Å². The molecule has 0 radical (unpaired) electrons. The van der Waals surface area contributed by atoms with Gasteiger partial charge in [-0.25, -0.2) is 0 Å². The van der Waals surface area contributed by atoms with E-state index in [1.54, 1.807) is 19.2 Å². The molecule has 0 saturated carbocycles. The molecule has 7 nitrogen and oxygen atoms in total. The summed E-state index contributed by atoms with van der Waals surface area (Å²) in [5.74, 6) is 1.00. The number of ether oxygens (including phenoxy) is 2. The van der Waals surface area contributed by atoms with Gasteiger partial charge in [0.05, 0.1) is 20.1 Å². The van der Waals surface area contributed by atoms with Gasteiger partial charge in [0.2, 0.25) is 17.7 Å². The SMILES string of the molecule is COc1ccc(OC2CCN(C(=O)Cc3c[nH]c4ccccc34)C2)nn1. The molecule has 7 heteroatoms. The largest absolute Gasteiger partial charge is 0.480 e. The van der Waals surface area contributed by atoms with Crippen LogP contribution in [0, 0.1) is 0 Å². The lowest BCUT2D eigenvalue weighted by atomic mass is 10.1. The van der Waals surface area contributed by atoms with E-state index in [2.05, 4.69) is 15.2 Å². The smallest absolute Gasteiger partial charge is 0.233 e. The molecule has 2 aromatic heterocycles. The molecule has 0 spiro atoms. The van der Waals surface area contributed by atoms with Crippen molar-refractivity contribution in [2.45, 2.75) is 18.9 Å². The van der Waals surface area contributed by atoms with E-state index in [9.17, 15) is 4.79 Å². The molecule has 4 rings (SSSR count). The first-order valence-electron chi connectivity index (χ1n) is 8.60. The molecule has 1 aliphatic rings. The van der Waals surface area contributed by atoms with Crippen molar-refractivity contribution in [2.75, 3.05) is 20.2 Å². The monoisotopic (exact) mass is 352 g/mol. The molecule has 26 heavy (non-hydrogen) atoms. The Morgan fingerprint density at radius 2 is 2.04 bits per heavy atom. The van der Waals surface area contributed by atoms with Crippen LogP contribution in [0.15, 0.2) is 42.6 Å². The molecule has 1 aliphatic heterocycles. The van der Waals surface area contributed by atoms with Gasteiger partial charge < -0.3 is 19.4 Å². The van der Waals surface area contributed by atoms with Crippen LogP contribution in [-0.4, -0.2) is 52.3 Å². The Morgan fingerprint density at radius 1 is 1.23 bits per heavy atom. The van der Waals surface area contributed by atoms with Gasteiger partial charge in [-0.05, 0) is 11.6 Å². The second kappa shape index (κ2) is 7.03. The van der Waals surface area contributed by atoms with Crippen LogP contribution in [0.2, 0.25) is 0 Å². The number of carbonyl (C=O) groups is 1. The zero-order valence-corrected chi connectivity index (χ0v) is 14.5. The molecular weight excluding hydrogens is 332 g/mol. The summed E-state index contributed by atoms with van der Waals surface area (Å²) in [7, 11) is 1.54.